The van der Waals surface area contributed by atoms with Crippen LogP contribution in [0.5, 0.6) is 0 Å². The number of amides is 1. The summed E-state index contributed by atoms with van der Waals surface area (Å²) in [5, 5.41) is 3.25. The second-order valence-corrected chi connectivity index (χ2v) is 4.56. The lowest BCUT2D eigenvalue weighted by Gasteiger charge is -2.20. The number of rotatable bonds is 1. The largest absolute Gasteiger partial charge is 0.316 e. The number of halogens is 1. The van der Waals surface area contributed by atoms with Gasteiger partial charge in [0.25, 0.3) is 0 Å². The number of benzene rings is 1. The minimum atomic E-state index is 0. The molecule has 0 bridgehead atoms. The average molecular weight is 253 g/mol. The van der Waals surface area contributed by atoms with Gasteiger partial charge in [0.2, 0.25) is 5.91 Å². The summed E-state index contributed by atoms with van der Waals surface area (Å²) in [6.07, 6.45) is 1.99. The molecule has 0 radical (unpaired) electrons. The summed E-state index contributed by atoms with van der Waals surface area (Å²) < 4.78 is 0. The average Bonchev–Trinajstić information content (AvgIpc) is 2.98. The van der Waals surface area contributed by atoms with E-state index in [9.17, 15) is 4.79 Å². The maximum Gasteiger partial charge on any atom is 0.231 e. The van der Waals surface area contributed by atoms with Gasteiger partial charge in [0, 0.05) is 18.8 Å². The lowest BCUT2D eigenvalue weighted by atomic mass is 10.1. The lowest BCUT2D eigenvalue weighted by Crippen LogP contribution is -2.35. The monoisotopic (exact) mass is 252 g/mol. The molecule has 4 heteroatoms. The zero-order chi connectivity index (χ0) is 11.0. The molecule has 1 aromatic rings. The first-order valence-electron chi connectivity index (χ1n) is 5.96. The summed E-state index contributed by atoms with van der Waals surface area (Å²) in [5.41, 5.74) is 2.43. The van der Waals surface area contributed by atoms with Crippen molar-refractivity contribution in [2.75, 3.05) is 24.5 Å². The van der Waals surface area contributed by atoms with Crippen LogP contribution in [0.25, 0.3) is 0 Å². The number of nitrogens with zero attached hydrogens (tertiary/aromatic N) is 1. The highest BCUT2D eigenvalue weighted by atomic mass is 35.5. The third kappa shape index (κ3) is 2.17. The van der Waals surface area contributed by atoms with Crippen molar-refractivity contribution in [2.24, 2.45) is 5.92 Å². The molecule has 1 atom stereocenters. The number of para-hydroxylation sites is 1. The van der Waals surface area contributed by atoms with E-state index in [1.165, 1.54) is 5.56 Å². The Balaban J connectivity index is 0.00000108. The SMILES string of the molecule is Cl.O=C(C1CCNC1)N1CCc2ccccc21. The highest BCUT2D eigenvalue weighted by molar-refractivity contribution is 5.97. The van der Waals surface area contributed by atoms with E-state index < -0.39 is 0 Å². The minimum Gasteiger partial charge on any atom is -0.316 e. The molecule has 17 heavy (non-hydrogen) atoms. The highest BCUT2D eigenvalue weighted by Gasteiger charge is 2.31. The summed E-state index contributed by atoms with van der Waals surface area (Å²) in [6, 6.07) is 8.24. The number of carbonyl (C=O) groups excluding carboxylic acids is 1. The maximum absolute atomic E-state index is 12.3. The van der Waals surface area contributed by atoms with E-state index in [1.807, 2.05) is 17.0 Å². The first kappa shape index (κ1) is 12.4. The van der Waals surface area contributed by atoms with Gasteiger partial charge in [-0.3, -0.25) is 4.79 Å². The van der Waals surface area contributed by atoms with Gasteiger partial charge >= 0.3 is 0 Å². The summed E-state index contributed by atoms with van der Waals surface area (Å²) in [6.45, 7) is 2.68. The topological polar surface area (TPSA) is 32.3 Å². The van der Waals surface area contributed by atoms with Crippen LogP contribution in [0, 0.1) is 5.92 Å². The van der Waals surface area contributed by atoms with Crippen LogP contribution >= 0.6 is 12.4 Å². The molecule has 0 aliphatic carbocycles. The highest BCUT2D eigenvalue weighted by Crippen LogP contribution is 2.29. The number of nitrogens with one attached hydrogen (secondary N) is 1. The van der Waals surface area contributed by atoms with E-state index in [0.717, 1.165) is 38.2 Å². The summed E-state index contributed by atoms with van der Waals surface area (Å²) in [5.74, 6) is 0.487. The van der Waals surface area contributed by atoms with Crippen LogP contribution in [0.15, 0.2) is 24.3 Å². The molecule has 1 aromatic carbocycles. The van der Waals surface area contributed by atoms with Crippen molar-refractivity contribution in [3.63, 3.8) is 0 Å². The van der Waals surface area contributed by atoms with Crippen LogP contribution in [0.4, 0.5) is 5.69 Å². The number of fused-ring (bicyclic) bond motifs is 1. The van der Waals surface area contributed by atoms with Crippen molar-refractivity contribution in [3.8, 4) is 0 Å². The van der Waals surface area contributed by atoms with Gasteiger partial charge in [0.1, 0.15) is 0 Å². The predicted molar refractivity (Wildman–Crippen MR) is 70.7 cm³/mol. The van der Waals surface area contributed by atoms with Crippen LogP contribution in [0.2, 0.25) is 0 Å². The fraction of sp³-hybridized carbons (Fsp3) is 0.462. The van der Waals surface area contributed by atoms with E-state index >= 15 is 0 Å². The molecule has 0 saturated carbocycles. The Kier molecular flexibility index (Phi) is 3.69. The summed E-state index contributed by atoms with van der Waals surface area (Å²) >= 11 is 0. The smallest absolute Gasteiger partial charge is 0.231 e. The molecule has 1 unspecified atom stereocenters. The number of hydrogen-bond acceptors (Lipinski definition) is 2. The van der Waals surface area contributed by atoms with Crippen LogP contribution in [-0.4, -0.2) is 25.5 Å². The Morgan fingerprint density at radius 2 is 2.18 bits per heavy atom. The fourth-order valence-electron chi connectivity index (χ4n) is 2.65. The molecule has 1 amide bonds. The van der Waals surface area contributed by atoms with Gasteiger partial charge in [-0.1, -0.05) is 18.2 Å². The van der Waals surface area contributed by atoms with Crippen molar-refractivity contribution in [3.05, 3.63) is 29.8 Å². The zero-order valence-corrected chi connectivity index (χ0v) is 10.5. The Hall–Kier alpha value is -1.06. The molecular formula is C13H17ClN2O. The molecule has 2 aliphatic rings. The molecule has 1 N–H and O–H groups in total. The standard InChI is InChI=1S/C13H16N2O.ClH/c16-13(11-5-7-14-9-11)15-8-6-10-3-1-2-4-12(10)15;/h1-4,11,14H,5-9H2;1H. The van der Waals surface area contributed by atoms with Crippen molar-refractivity contribution in [2.45, 2.75) is 12.8 Å². The molecule has 92 valence electrons. The molecule has 1 saturated heterocycles. The van der Waals surface area contributed by atoms with Crippen molar-refractivity contribution >= 4 is 24.0 Å². The molecule has 2 heterocycles. The Morgan fingerprint density at radius 3 is 2.94 bits per heavy atom. The van der Waals surface area contributed by atoms with E-state index in [-0.39, 0.29) is 18.3 Å². The molecule has 3 nitrogen and oxygen atoms in total. The van der Waals surface area contributed by atoms with E-state index in [4.69, 9.17) is 0 Å². The second kappa shape index (κ2) is 5.07. The molecule has 3 rings (SSSR count). The number of anilines is 1. The van der Waals surface area contributed by atoms with Gasteiger partial charge in [0.15, 0.2) is 0 Å². The minimum absolute atomic E-state index is 0. The Morgan fingerprint density at radius 1 is 1.35 bits per heavy atom. The van der Waals surface area contributed by atoms with E-state index in [0.29, 0.717) is 5.91 Å². The molecular weight excluding hydrogens is 236 g/mol. The van der Waals surface area contributed by atoms with Gasteiger partial charge in [0.05, 0.1) is 5.92 Å². The molecule has 0 spiro atoms. The van der Waals surface area contributed by atoms with Crippen LogP contribution < -0.4 is 10.2 Å². The van der Waals surface area contributed by atoms with E-state index in [1.54, 1.807) is 0 Å². The van der Waals surface area contributed by atoms with Crippen molar-refractivity contribution in [1.29, 1.82) is 0 Å². The van der Waals surface area contributed by atoms with Crippen LogP contribution in [0.3, 0.4) is 0 Å². The number of hydrogen-bond donors (Lipinski definition) is 1. The predicted octanol–water partition coefficient (Wildman–Crippen LogP) is 1.61. The third-order valence-electron chi connectivity index (χ3n) is 3.56. The van der Waals surface area contributed by atoms with Gasteiger partial charge in [-0.15, -0.1) is 12.4 Å². The third-order valence-corrected chi connectivity index (χ3v) is 3.56. The molecule has 1 fully saturated rings. The lowest BCUT2D eigenvalue weighted by molar-refractivity contribution is -0.121. The molecule has 2 aliphatic heterocycles. The van der Waals surface area contributed by atoms with Crippen LogP contribution in [-0.2, 0) is 11.2 Å². The van der Waals surface area contributed by atoms with Gasteiger partial charge < -0.3 is 10.2 Å². The van der Waals surface area contributed by atoms with Gasteiger partial charge in [-0.2, -0.15) is 0 Å². The normalized spacial score (nSPS) is 22.1. The fourth-order valence-corrected chi connectivity index (χ4v) is 2.65. The Labute approximate surface area is 108 Å². The van der Waals surface area contributed by atoms with Crippen molar-refractivity contribution in [1.82, 2.24) is 5.32 Å². The van der Waals surface area contributed by atoms with Gasteiger partial charge in [-0.05, 0) is 31.0 Å². The second-order valence-electron chi connectivity index (χ2n) is 4.56. The maximum atomic E-state index is 12.3. The molecule has 0 aromatic heterocycles. The quantitative estimate of drug-likeness (QED) is 0.824. The first-order chi connectivity index (χ1) is 7.86. The van der Waals surface area contributed by atoms with Gasteiger partial charge in [-0.25, -0.2) is 0 Å². The first-order valence-corrected chi connectivity index (χ1v) is 5.96. The Bertz CT molecular complexity index is 416. The summed E-state index contributed by atoms with van der Waals surface area (Å²) in [4.78, 5) is 14.3. The van der Waals surface area contributed by atoms with Crippen molar-refractivity contribution < 1.29 is 4.79 Å². The zero-order valence-electron chi connectivity index (χ0n) is 9.69. The summed E-state index contributed by atoms with van der Waals surface area (Å²) in [7, 11) is 0. The van der Waals surface area contributed by atoms with Crippen LogP contribution in [0.1, 0.15) is 12.0 Å². The number of carbonyl (C=O) groups is 1. The van der Waals surface area contributed by atoms with E-state index in [2.05, 4.69) is 17.4 Å².